The fraction of sp³-hybridized carbons (Fsp3) is 0.741. The van der Waals surface area contributed by atoms with Gasteiger partial charge in [-0.2, -0.15) is 0 Å². The first-order valence-electron chi connectivity index (χ1n) is 12.7. The Labute approximate surface area is 183 Å². The molecule has 3 rings (SSSR count). The normalized spacial score (nSPS) is 22.7. The van der Waals surface area contributed by atoms with Crippen molar-refractivity contribution >= 4 is 5.97 Å². The van der Waals surface area contributed by atoms with Crippen molar-refractivity contribution in [1.29, 1.82) is 0 Å². The molecule has 0 bridgehead atoms. The molecule has 3 nitrogen and oxygen atoms in total. The molecule has 0 heterocycles. The summed E-state index contributed by atoms with van der Waals surface area (Å²) in [5.41, 5.74) is 1.40. The minimum Gasteiger partial charge on any atom is -0.426 e. The number of rotatable bonds is 11. The van der Waals surface area contributed by atoms with Crippen molar-refractivity contribution in [1.82, 2.24) is 0 Å². The van der Waals surface area contributed by atoms with Gasteiger partial charge in [0, 0.05) is 6.61 Å². The molecule has 0 aliphatic heterocycles. The lowest BCUT2D eigenvalue weighted by Crippen LogP contribution is -2.29. The number of ether oxygens (including phenoxy) is 2. The number of carbonyl (C=O) groups is 1. The van der Waals surface area contributed by atoms with Crippen LogP contribution in [-0.2, 0) is 9.53 Å². The summed E-state index contributed by atoms with van der Waals surface area (Å²) in [6.45, 7) is 3.13. The predicted molar refractivity (Wildman–Crippen MR) is 123 cm³/mol. The van der Waals surface area contributed by atoms with Gasteiger partial charge in [-0.1, -0.05) is 70.4 Å². The SMILES string of the molecule is CCCCCCCCOC1CCC(C(=O)Oc2ccc(C3CCCCC3)cc2)CC1. The van der Waals surface area contributed by atoms with Gasteiger partial charge in [-0.25, -0.2) is 0 Å². The maximum absolute atomic E-state index is 12.6. The Morgan fingerprint density at radius 2 is 1.50 bits per heavy atom. The van der Waals surface area contributed by atoms with Crippen LogP contribution in [0.15, 0.2) is 24.3 Å². The quantitative estimate of drug-likeness (QED) is 0.213. The van der Waals surface area contributed by atoms with Crippen LogP contribution >= 0.6 is 0 Å². The fourth-order valence-corrected chi connectivity index (χ4v) is 5.04. The third kappa shape index (κ3) is 7.72. The Balaban J connectivity index is 1.31. The van der Waals surface area contributed by atoms with Gasteiger partial charge in [0.25, 0.3) is 0 Å². The zero-order valence-electron chi connectivity index (χ0n) is 19.1. The minimum absolute atomic E-state index is 0.0249. The first kappa shape index (κ1) is 23.3. The lowest BCUT2D eigenvalue weighted by atomic mass is 9.84. The van der Waals surface area contributed by atoms with Crippen LogP contribution in [-0.4, -0.2) is 18.7 Å². The first-order valence-corrected chi connectivity index (χ1v) is 12.7. The zero-order chi connectivity index (χ0) is 21.0. The van der Waals surface area contributed by atoms with E-state index in [1.165, 1.54) is 76.2 Å². The van der Waals surface area contributed by atoms with Crippen molar-refractivity contribution in [2.75, 3.05) is 6.61 Å². The van der Waals surface area contributed by atoms with E-state index >= 15 is 0 Å². The molecule has 0 unspecified atom stereocenters. The molecule has 0 saturated heterocycles. The zero-order valence-corrected chi connectivity index (χ0v) is 19.1. The summed E-state index contributed by atoms with van der Waals surface area (Å²) in [6, 6.07) is 8.28. The smallest absolute Gasteiger partial charge is 0.314 e. The van der Waals surface area contributed by atoms with Crippen LogP contribution in [0.4, 0.5) is 0 Å². The molecule has 0 N–H and O–H groups in total. The third-order valence-corrected chi connectivity index (χ3v) is 7.03. The molecule has 2 fully saturated rings. The molecule has 0 spiro atoms. The molecule has 2 saturated carbocycles. The summed E-state index contributed by atoms with van der Waals surface area (Å²) >= 11 is 0. The van der Waals surface area contributed by atoms with E-state index in [-0.39, 0.29) is 11.9 Å². The Morgan fingerprint density at radius 3 is 2.20 bits per heavy atom. The average molecular weight is 415 g/mol. The third-order valence-electron chi connectivity index (χ3n) is 7.03. The number of carbonyl (C=O) groups excluding carboxylic acids is 1. The van der Waals surface area contributed by atoms with Gasteiger partial charge in [0.2, 0.25) is 0 Å². The van der Waals surface area contributed by atoms with Gasteiger partial charge in [-0.15, -0.1) is 0 Å². The molecule has 0 amide bonds. The number of benzene rings is 1. The Bertz CT molecular complexity index is 595. The highest BCUT2D eigenvalue weighted by molar-refractivity contribution is 5.75. The van der Waals surface area contributed by atoms with Crippen LogP contribution in [0, 0.1) is 5.92 Å². The highest BCUT2D eigenvalue weighted by atomic mass is 16.5. The topological polar surface area (TPSA) is 35.5 Å². The molecule has 30 heavy (non-hydrogen) atoms. The van der Waals surface area contributed by atoms with E-state index in [9.17, 15) is 4.79 Å². The molecule has 3 heteroatoms. The Kier molecular flexibility index (Phi) is 10.2. The van der Waals surface area contributed by atoms with Gasteiger partial charge in [0.1, 0.15) is 5.75 Å². The lowest BCUT2D eigenvalue weighted by Gasteiger charge is -2.27. The van der Waals surface area contributed by atoms with Crippen molar-refractivity contribution in [2.45, 2.75) is 115 Å². The minimum atomic E-state index is -0.0604. The summed E-state index contributed by atoms with van der Waals surface area (Å²) in [7, 11) is 0. The standard InChI is InChI=1S/C27H42O3/c1-2-3-4-5-6-10-21-29-25-17-15-24(16-18-25)27(28)30-26-19-13-23(14-20-26)22-11-8-7-9-12-22/h13-14,19-20,22,24-25H,2-12,15-18,21H2,1H3. The molecule has 2 aliphatic rings. The number of esters is 1. The van der Waals surface area contributed by atoms with Gasteiger partial charge in [-0.05, 0) is 68.6 Å². The number of hydrogen-bond donors (Lipinski definition) is 0. The van der Waals surface area contributed by atoms with Crippen LogP contribution in [0.25, 0.3) is 0 Å². The van der Waals surface area contributed by atoms with E-state index in [2.05, 4.69) is 19.1 Å². The van der Waals surface area contributed by atoms with Gasteiger partial charge >= 0.3 is 5.97 Å². The maximum Gasteiger partial charge on any atom is 0.314 e. The van der Waals surface area contributed by atoms with Crippen molar-refractivity contribution in [3.8, 4) is 5.75 Å². The average Bonchev–Trinajstić information content (AvgIpc) is 2.80. The fourth-order valence-electron chi connectivity index (χ4n) is 5.04. The second-order valence-corrected chi connectivity index (χ2v) is 9.44. The van der Waals surface area contributed by atoms with Crippen LogP contribution in [0.2, 0.25) is 0 Å². The van der Waals surface area contributed by atoms with Gasteiger partial charge in [-0.3, -0.25) is 4.79 Å². The summed E-state index contributed by atoms with van der Waals surface area (Å²) in [5, 5.41) is 0. The van der Waals surface area contributed by atoms with Crippen molar-refractivity contribution < 1.29 is 14.3 Å². The Morgan fingerprint density at radius 1 is 0.833 bits per heavy atom. The lowest BCUT2D eigenvalue weighted by molar-refractivity contribution is -0.141. The first-order chi connectivity index (χ1) is 14.8. The predicted octanol–water partition coefficient (Wildman–Crippen LogP) is 7.58. The van der Waals surface area contributed by atoms with E-state index in [4.69, 9.17) is 9.47 Å². The summed E-state index contributed by atoms with van der Waals surface area (Å²) < 4.78 is 11.8. The molecular weight excluding hydrogens is 372 g/mol. The van der Waals surface area contributed by atoms with E-state index in [1.54, 1.807) is 0 Å². The second-order valence-electron chi connectivity index (χ2n) is 9.44. The largest absolute Gasteiger partial charge is 0.426 e. The number of unbranched alkanes of at least 4 members (excludes halogenated alkanes) is 5. The van der Waals surface area contributed by atoms with Crippen molar-refractivity contribution in [3.05, 3.63) is 29.8 Å². The molecule has 0 aromatic heterocycles. The van der Waals surface area contributed by atoms with E-state index in [0.29, 0.717) is 17.8 Å². The van der Waals surface area contributed by atoms with Crippen LogP contribution in [0.3, 0.4) is 0 Å². The molecule has 0 radical (unpaired) electrons. The van der Waals surface area contributed by atoms with Crippen LogP contribution in [0.5, 0.6) is 5.75 Å². The van der Waals surface area contributed by atoms with E-state index < -0.39 is 0 Å². The monoisotopic (exact) mass is 414 g/mol. The molecule has 1 aromatic rings. The van der Waals surface area contributed by atoms with Crippen LogP contribution in [0.1, 0.15) is 115 Å². The highest BCUT2D eigenvalue weighted by Crippen LogP contribution is 2.33. The maximum atomic E-state index is 12.6. The summed E-state index contributed by atoms with van der Waals surface area (Å²) in [4.78, 5) is 12.6. The van der Waals surface area contributed by atoms with Crippen molar-refractivity contribution in [3.63, 3.8) is 0 Å². The summed E-state index contributed by atoms with van der Waals surface area (Å²) in [5.74, 6) is 1.35. The molecule has 0 atom stereocenters. The second kappa shape index (κ2) is 13.1. The highest BCUT2D eigenvalue weighted by Gasteiger charge is 2.28. The van der Waals surface area contributed by atoms with Crippen molar-refractivity contribution in [2.24, 2.45) is 5.92 Å². The summed E-state index contributed by atoms with van der Waals surface area (Å²) in [6.07, 6.45) is 18.5. The Hall–Kier alpha value is -1.35. The molecule has 1 aromatic carbocycles. The van der Waals surface area contributed by atoms with E-state index in [0.717, 1.165) is 32.3 Å². The molecular formula is C27H42O3. The van der Waals surface area contributed by atoms with Gasteiger partial charge in [0.05, 0.1) is 12.0 Å². The van der Waals surface area contributed by atoms with Gasteiger partial charge < -0.3 is 9.47 Å². The number of hydrogen-bond acceptors (Lipinski definition) is 3. The molecule has 2 aliphatic carbocycles. The molecule has 168 valence electrons. The van der Waals surface area contributed by atoms with Gasteiger partial charge in [0.15, 0.2) is 0 Å². The van der Waals surface area contributed by atoms with Crippen LogP contribution < -0.4 is 4.74 Å². The van der Waals surface area contributed by atoms with E-state index in [1.807, 2.05) is 12.1 Å².